The Balaban J connectivity index is 0.000000307. The zero-order valence-corrected chi connectivity index (χ0v) is 19.6. The van der Waals surface area contributed by atoms with E-state index in [1.54, 1.807) is 9.80 Å². The lowest BCUT2D eigenvalue weighted by atomic mass is 10.4. The zero-order valence-electron chi connectivity index (χ0n) is 17.9. The summed E-state index contributed by atoms with van der Waals surface area (Å²) in [6.07, 6.45) is 0.181. The molecular weight excluding hydrogens is 496 g/mol. The Labute approximate surface area is 204 Å². The van der Waals surface area contributed by atoms with E-state index in [2.05, 4.69) is 27.0 Å². The Hall–Kier alpha value is -3.19. The number of nitrogens with one attached hydrogen (secondary N) is 4. The number of aliphatic carboxylic acids is 2. The fourth-order valence-corrected chi connectivity index (χ4v) is 2.62. The van der Waals surface area contributed by atoms with Crippen molar-refractivity contribution in [1.29, 1.82) is 0 Å². The first kappa shape index (κ1) is 28.8. The molecule has 0 spiro atoms. The summed E-state index contributed by atoms with van der Waals surface area (Å²) in [7, 11) is 0. The third kappa shape index (κ3) is 11.6. The summed E-state index contributed by atoms with van der Waals surface area (Å²) in [6, 6.07) is 0. The van der Waals surface area contributed by atoms with E-state index in [4.69, 9.17) is 39.5 Å². The summed E-state index contributed by atoms with van der Waals surface area (Å²) in [5.41, 5.74) is 4.57. The van der Waals surface area contributed by atoms with Crippen LogP contribution >= 0.6 is 24.4 Å². The van der Waals surface area contributed by atoms with Gasteiger partial charge < -0.3 is 42.1 Å². The highest BCUT2D eigenvalue weighted by Gasteiger charge is 2.33. The van der Waals surface area contributed by atoms with Gasteiger partial charge >= 0.3 is 17.9 Å². The van der Waals surface area contributed by atoms with Crippen LogP contribution < -0.4 is 27.0 Å². The van der Waals surface area contributed by atoms with E-state index in [-0.39, 0.29) is 32.5 Å². The minimum atomic E-state index is -0.968. The van der Waals surface area contributed by atoms with Crippen LogP contribution in [0.5, 0.6) is 0 Å². The standard InChI is InChI=1S/C9H12N4O4S.C5H9N3O2S.C2H5NO2/c14-6-1-2-7(15)13(6)17-8(16)3-12-4-10-9(18)11-5-12;9-4(10)1-8-2-6-5(11)7-3-8;3-1-2(4)5/h1-5H2,(H2,10,11,18);1-3H2,(H,9,10)(H2,6,7,11);1,3H2,(H,4,5). The van der Waals surface area contributed by atoms with E-state index in [0.717, 1.165) is 0 Å². The molecule has 0 aliphatic carbocycles. The zero-order chi connectivity index (χ0) is 25.7. The van der Waals surface area contributed by atoms with Crippen molar-refractivity contribution >= 4 is 64.4 Å². The number of nitrogens with two attached hydrogens (primary N) is 1. The smallest absolute Gasteiger partial charge is 0.347 e. The van der Waals surface area contributed by atoms with Gasteiger partial charge in [-0.05, 0) is 24.4 Å². The van der Waals surface area contributed by atoms with E-state index < -0.39 is 29.7 Å². The number of imide groups is 1. The second-order valence-corrected chi connectivity index (χ2v) is 7.51. The van der Waals surface area contributed by atoms with Gasteiger partial charge in [0.15, 0.2) is 10.2 Å². The molecule has 0 saturated carbocycles. The van der Waals surface area contributed by atoms with Gasteiger partial charge in [0.05, 0.1) is 39.8 Å². The number of carbonyl (C=O) groups excluding carboxylic acids is 3. The van der Waals surface area contributed by atoms with Crippen molar-refractivity contribution in [3.8, 4) is 0 Å². The minimum Gasteiger partial charge on any atom is -0.480 e. The summed E-state index contributed by atoms with van der Waals surface area (Å²) in [4.78, 5) is 61.6. The molecule has 8 N–H and O–H groups in total. The molecule has 3 aliphatic heterocycles. The van der Waals surface area contributed by atoms with Gasteiger partial charge in [-0.25, -0.2) is 4.79 Å². The van der Waals surface area contributed by atoms with Gasteiger partial charge in [0, 0.05) is 12.8 Å². The predicted molar refractivity (Wildman–Crippen MR) is 122 cm³/mol. The topological polar surface area (TPSA) is 219 Å². The maximum Gasteiger partial charge on any atom is 0.347 e. The number of carboxylic acid groups (broad SMARTS) is 2. The van der Waals surface area contributed by atoms with Crippen LogP contribution in [0.1, 0.15) is 12.8 Å². The summed E-state index contributed by atoms with van der Waals surface area (Å²) in [5.74, 6) is -3.42. The molecule has 0 aromatic rings. The van der Waals surface area contributed by atoms with E-state index in [9.17, 15) is 24.0 Å². The number of amides is 2. The number of thiocarbonyl (C=S) groups is 2. The highest BCUT2D eigenvalue weighted by molar-refractivity contribution is 7.80. The Morgan fingerprint density at radius 1 is 0.824 bits per heavy atom. The third-order valence-corrected chi connectivity index (χ3v) is 4.52. The van der Waals surface area contributed by atoms with E-state index >= 15 is 0 Å². The molecule has 3 saturated heterocycles. The Morgan fingerprint density at radius 3 is 1.56 bits per heavy atom. The normalized spacial score (nSPS) is 18.1. The van der Waals surface area contributed by atoms with E-state index in [0.29, 0.717) is 42.0 Å². The highest BCUT2D eigenvalue weighted by atomic mass is 32.1. The van der Waals surface area contributed by atoms with E-state index in [1.165, 1.54) is 0 Å². The van der Waals surface area contributed by atoms with Crippen molar-refractivity contribution in [1.82, 2.24) is 36.1 Å². The lowest BCUT2D eigenvalue weighted by Crippen LogP contribution is -2.55. The van der Waals surface area contributed by atoms with Gasteiger partial charge in [-0.2, -0.15) is 0 Å². The first-order valence-electron chi connectivity index (χ1n) is 9.70. The molecule has 0 aromatic carbocycles. The highest BCUT2D eigenvalue weighted by Crippen LogP contribution is 2.12. The quantitative estimate of drug-likeness (QED) is 0.131. The maximum atomic E-state index is 11.5. The summed E-state index contributed by atoms with van der Waals surface area (Å²) >= 11 is 9.63. The number of hydrogen-bond acceptors (Lipinski definition) is 11. The van der Waals surface area contributed by atoms with Gasteiger partial charge in [-0.1, -0.05) is 0 Å². The van der Waals surface area contributed by atoms with Gasteiger partial charge in [0.2, 0.25) is 0 Å². The number of hydroxylamine groups is 2. The van der Waals surface area contributed by atoms with Crippen LogP contribution in [0.2, 0.25) is 0 Å². The fourth-order valence-electron chi connectivity index (χ4n) is 2.36. The van der Waals surface area contributed by atoms with Crippen molar-refractivity contribution in [3.63, 3.8) is 0 Å². The fraction of sp³-hybridized carbons (Fsp3) is 0.562. The van der Waals surface area contributed by atoms with Crippen molar-refractivity contribution in [2.75, 3.05) is 46.3 Å². The van der Waals surface area contributed by atoms with Crippen LogP contribution in [0.3, 0.4) is 0 Å². The molecule has 3 aliphatic rings. The molecule has 3 rings (SSSR count). The lowest BCUT2D eigenvalue weighted by Gasteiger charge is -2.28. The Bertz CT molecular complexity index is 778. The average molecular weight is 523 g/mol. The Kier molecular flexibility index (Phi) is 12.6. The van der Waals surface area contributed by atoms with Crippen LogP contribution in [-0.4, -0.2) is 111 Å². The first-order valence-corrected chi connectivity index (χ1v) is 10.5. The van der Waals surface area contributed by atoms with Crippen molar-refractivity contribution in [2.24, 2.45) is 5.73 Å². The number of rotatable bonds is 6. The van der Waals surface area contributed by atoms with Crippen molar-refractivity contribution < 1.29 is 39.0 Å². The number of carboxylic acids is 2. The number of hydrogen-bond donors (Lipinski definition) is 7. The third-order valence-electron chi connectivity index (χ3n) is 3.94. The molecule has 3 heterocycles. The number of nitrogens with zero attached hydrogens (tertiary/aromatic N) is 3. The largest absolute Gasteiger partial charge is 0.480 e. The molecule has 18 heteroatoms. The van der Waals surface area contributed by atoms with Gasteiger partial charge in [0.25, 0.3) is 11.8 Å². The Morgan fingerprint density at radius 2 is 1.21 bits per heavy atom. The molecule has 190 valence electrons. The second-order valence-electron chi connectivity index (χ2n) is 6.69. The van der Waals surface area contributed by atoms with Crippen LogP contribution in [0.4, 0.5) is 0 Å². The summed E-state index contributed by atoms with van der Waals surface area (Å²) in [5, 5.41) is 29.0. The van der Waals surface area contributed by atoms with Gasteiger partial charge in [-0.3, -0.25) is 29.0 Å². The van der Waals surface area contributed by atoms with E-state index in [1.807, 2.05) is 0 Å². The molecule has 0 unspecified atom stereocenters. The molecule has 16 nitrogen and oxygen atoms in total. The molecule has 0 bridgehead atoms. The van der Waals surface area contributed by atoms with Gasteiger partial charge in [0.1, 0.15) is 6.54 Å². The molecule has 2 amide bonds. The predicted octanol–water partition coefficient (Wildman–Crippen LogP) is -3.92. The molecule has 0 aromatic heterocycles. The number of carbonyl (C=O) groups is 5. The average Bonchev–Trinajstić information content (AvgIpc) is 3.09. The second kappa shape index (κ2) is 14.9. The minimum absolute atomic E-state index is 0.0304. The maximum absolute atomic E-state index is 11.5. The first-order chi connectivity index (χ1) is 16.0. The van der Waals surface area contributed by atoms with Crippen LogP contribution in [0, 0.1) is 0 Å². The van der Waals surface area contributed by atoms with Crippen LogP contribution in [0.15, 0.2) is 0 Å². The van der Waals surface area contributed by atoms with Crippen molar-refractivity contribution in [2.45, 2.75) is 12.8 Å². The summed E-state index contributed by atoms with van der Waals surface area (Å²) in [6.45, 7) is 1.52. The molecule has 0 atom stereocenters. The van der Waals surface area contributed by atoms with Crippen molar-refractivity contribution in [3.05, 3.63) is 0 Å². The lowest BCUT2D eigenvalue weighted by molar-refractivity contribution is -0.198. The summed E-state index contributed by atoms with van der Waals surface area (Å²) < 4.78 is 0. The SMILES string of the molecule is NCC(=O)O.O=C(CN1CNC(=S)NC1)ON1C(=O)CCC1=O.O=C(O)CN1CNC(=S)NC1. The monoisotopic (exact) mass is 522 g/mol. The van der Waals surface area contributed by atoms with Gasteiger partial charge in [-0.15, -0.1) is 5.06 Å². The van der Waals surface area contributed by atoms with Crippen LogP contribution in [0.25, 0.3) is 0 Å². The van der Waals surface area contributed by atoms with Crippen LogP contribution in [-0.2, 0) is 28.8 Å². The molecular formula is C16H26N8O8S2. The molecule has 34 heavy (non-hydrogen) atoms. The molecule has 3 fully saturated rings. The molecule has 0 radical (unpaired) electrons.